The third kappa shape index (κ3) is 6.80. The number of halogens is 1. The fraction of sp³-hybridized carbons (Fsp3) is 0.600. The van der Waals surface area contributed by atoms with E-state index < -0.39 is 10.0 Å². The molecule has 0 saturated carbocycles. The van der Waals surface area contributed by atoms with Crippen LogP contribution < -0.4 is 10.5 Å². The molecular formula is C15H25BrN2O2S. The molecule has 0 aliphatic rings. The Morgan fingerprint density at radius 2 is 1.86 bits per heavy atom. The first-order valence-corrected chi connectivity index (χ1v) is 9.65. The molecular weight excluding hydrogens is 352 g/mol. The molecule has 0 aliphatic heterocycles. The average molecular weight is 377 g/mol. The largest absolute Gasteiger partial charge is 0.399 e. The van der Waals surface area contributed by atoms with Gasteiger partial charge < -0.3 is 5.73 Å². The molecule has 6 heteroatoms. The van der Waals surface area contributed by atoms with Gasteiger partial charge in [0.25, 0.3) is 0 Å². The summed E-state index contributed by atoms with van der Waals surface area (Å²) in [6, 6.07) is 4.70. The normalized spacial score (nSPS) is 12.0. The number of unbranched alkanes of at least 4 members (excludes halogenated alkanes) is 3. The number of nitrogens with one attached hydrogen (secondary N) is 1. The second kappa shape index (κ2) is 8.76. The second-order valence-corrected chi connectivity index (χ2v) is 8.27. The highest BCUT2D eigenvalue weighted by Crippen LogP contribution is 2.24. The molecule has 3 N–H and O–H groups in total. The standard InChI is InChI=1S/C15H25BrN2O2S/c1-12(2)7-5-3-4-6-10-18-21(19,20)15-9-8-13(17)11-14(15)16/h8-9,11-12,18H,3-7,10,17H2,1-2H3. The Morgan fingerprint density at radius 1 is 1.19 bits per heavy atom. The van der Waals surface area contributed by atoms with E-state index >= 15 is 0 Å². The zero-order valence-electron chi connectivity index (χ0n) is 12.7. The minimum atomic E-state index is -3.47. The molecule has 0 heterocycles. The molecule has 0 aliphatic carbocycles. The van der Waals surface area contributed by atoms with Crippen LogP contribution in [0.2, 0.25) is 0 Å². The number of nitrogens with two attached hydrogens (primary N) is 1. The van der Waals surface area contributed by atoms with E-state index in [9.17, 15) is 8.42 Å². The summed E-state index contributed by atoms with van der Waals surface area (Å²) in [5.74, 6) is 0.742. The summed E-state index contributed by atoms with van der Waals surface area (Å²) < 4.78 is 27.5. The molecule has 0 aromatic heterocycles. The highest BCUT2D eigenvalue weighted by atomic mass is 79.9. The Morgan fingerprint density at radius 3 is 2.48 bits per heavy atom. The molecule has 4 nitrogen and oxygen atoms in total. The first-order valence-electron chi connectivity index (χ1n) is 7.37. The minimum Gasteiger partial charge on any atom is -0.399 e. The number of anilines is 1. The van der Waals surface area contributed by atoms with Gasteiger partial charge in [-0.15, -0.1) is 0 Å². The van der Waals surface area contributed by atoms with Gasteiger partial charge in [-0.3, -0.25) is 0 Å². The Kier molecular flexibility index (Phi) is 7.70. The van der Waals surface area contributed by atoms with Crippen LogP contribution in [-0.4, -0.2) is 15.0 Å². The second-order valence-electron chi connectivity index (χ2n) is 5.68. The zero-order valence-corrected chi connectivity index (χ0v) is 15.1. The Balaban J connectivity index is 2.37. The summed E-state index contributed by atoms with van der Waals surface area (Å²) in [4.78, 5) is 0.233. The lowest BCUT2D eigenvalue weighted by Gasteiger charge is -2.09. The summed E-state index contributed by atoms with van der Waals surface area (Å²) in [7, 11) is -3.47. The molecule has 21 heavy (non-hydrogen) atoms. The number of sulfonamides is 1. The molecule has 0 unspecified atom stereocenters. The molecule has 1 rings (SSSR count). The summed E-state index contributed by atoms with van der Waals surface area (Å²) >= 11 is 3.24. The maximum atomic E-state index is 12.2. The first-order chi connectivity index (χ1) is 9.83. The maximum absolute atomic E-state index is 12.2. The van der Waals surface area contributed by atoms with Crippen LogP contribution in [-0.2, 0) is 10.0 Å². The third-order valence-electron chi connectivity index (χ3n) is 3.25. The van der Waals surface area contributed by atoms with Crippen molar-refractivity contribution in [2.24, 2.45) is 5.92 Å². The van der Waals surface area contributed by atoms with E-state index in [4.69, 9.17) is 5.73 Å². The van der Waals surface area contributed by atoms with Crippen LogP contribution in [0.3, 0.4) is 0 Å². The summed E-state index contributed by atoms with van der Waals surface area (Å²) in [5.41, 5.74) is 6.15. The van der Waals surface area contributed by atoms with Crippen molar-refractivity contribution in [1.29, 1.82) is 0 Å². The summed E-state index contributed by atoms with van der Waals surface area (Å²) in [6.45, 7) is 4.91. The van der Waals surface area contributed by atoms with Gasteiger partial charge in [0.15, 0.2) is 0 Å². The van der Waals surface area contributed by atoms with Gasteiger partial charge in [0.05, 0.1) is 4.90 Å². The van der Waals surface area contributed by atoms with Crippen LogP contribution in [0.15, 0.2) is 27.6 Å². The van der Waals surface area contributed by atoms with Crippen molar-refractivity contribution in [2.45, 2.75) is 50.8 Å². The third-order valence-corrected chi connectivity index (χ3v) is 5.68. The molecule has 0 saturated heterocycles. The number of nitrogen functional groups attached to an aromatic ring is 1. The van der Waals surface area contributed by atoms with Gasteiger partial charge in [0.1, 0.15) is 0 Å². The lowest BCUT2D eigenvalue weighted by atomic mass is 10.0. The molecule has 0 fully saturated rings. The quantitative estimate of drug-likeness (QED) is 0.506. The molecule has 0 radical (unpaired) electrons. The minimum absolute atomic E-state index is 0.233. The molecule has 120 valence electrons. The smallest absolute Gasteiger partial charge is 0.241 e. The SMILES string of the molecule is CC(C)CCCCCCNS(=O)(=O)c1ccc(N)cc1Br. The predicted octanol–water partition coefficient (Wildman–Crippen LogP) is 3.92. The Bertz CT molecular complexity index is 545. The van der Waals surface area contributed by atoms with E-state index in [0.717, 1.165) is 25.2 Å². The van der Waals surface area contributed by atoms with Gasteiger partial charge >= 0.3 is 0 Å². The van der Waals surface area contributed by atoms with Gasteiger partial charge in [-0.1, -0.05) is 39.5 Å². The molecule has 1 aromatic carbocycles. The highest BCUT2D eigenvalue weighted by molar-refractivity contribution is 9.10. The van der Waals surface area contributed by atoms with Crippen LogP contribution >= 0.6 is 15.9 Å². The van der Waals surface area contributed by atoms with E-state index in [0.29, 0.717) is 16.7 Å². The van der Waals surface area contributed by atoms with Crippen molar-refractivity contribution in [1.82, 2.24) is 4.72 Å². The summed E-state index contributed by atoms with van der Waals surface area (Å²) in [6.07, 6.45) is 5.53. The van der Waals surface area contributed by atoms with Crippen molar-refractivity contribution < 1.29 is 8.42 Å². The van der Waals surface area contributed by atoms with Crippen molar-refractivity contribution in [2.75, 3.05) is 12.3 Å². The number of rotatable bonds is 9. The monoisotopic (exact) mass is 376 g/mol. The topological polar surface area (TPSA) is 72.2 Å². The van der Waals surface area contributed by atoms with Crippen molar-refractivity contribution in [3.8, 4) is 0 Å². The Labute approximate surface area is 136 Å². The van der Waals surface area contributed by atoms with E-state index in [2.05, 4.69) is 34.5 Å². The predicted molar refractivity (Wildman–Crippen MR) is 91.7 cm³/mol. The van der Waals surface area contributed by atoms with Gasteiger partial charge in [0, 0.05) is 16.7 Å². The zero-order chi connectivity index (χ0) is 15.9. The van der Waals surface area contributed by atoms with Crippen molar-refractivity contribution in [3.05, 3.63) is 22.7 Å². The van der Waals surface area contributed by atoms with Gasteiger partial charge in [0.2, 0.25) is 10.0 Å². The highest BCUT2D eigenvalue weighted by Gasteiger charge is 2.16. The fourth-order valence-electron chi connectivity index (χ4n) is 2.05. The maximum Gasteiger partial charge on any atom is 0.241 e. The van der Waals surface area contributed by atoms with Gasteiger partial charge in [-0.2, -0.15) is 0 Å². The van der Waals surface area contributed by atoms with E-state index in [1.165, 1.54) is 18.9 Å². The number of hydrogen-bond acceptors (Lipinski definition) is 3. The number of benzene rings is 1. The Hall–Kier alpha value is -0.590. The van der Waals surface area contributed by atoms with Gasteiger partial charge in [-0.25, -0.2) is 13.1 Å². The van der Waals surface area contributed by atoms with E-state index in [1.54, 1.807) is 12.1 Å². The van der Waals surface area contributed by atoms with Crippen LogP contribution in [0.5, 0.6) is 0 Å². The fourth-order valence-corrected chi connectivity index (χ4v) is 4.22. The van der Waals surface area contributed by atoms with Crippen LogP contribution in [0.1, 0.15) is 46.0 Å². The van der Waals surface area contributed by atoms with Crippen LogP contribution in [0, 0.1) is 5.92 Å². The molecule has 1 aromatic rings. The first kappa shape index (κ1) is 18.5. The molecule has 0 amide bonds. The van der Waals surface area contributed by atoms with Crippen molar-refractivity contribution >= 4 is 31.6 Å². The average Bonchev–Trinajstić information content (AvgIpc) is 2.36. The van der Waals surface area contributed by atoms with E-state index in [1.807, 2.05) is 0 Å². The molecule has 0 atom stereocenters. The lowest BCUT2D eigenvalue weighted by molar-refractivity contribution is 0.517. The van der Waals surface area contributed by atoms with Gasteiger partial charge in [-0.05, 0) is 46.5 Å². The van der Waals surface area contributed by atoms with Crippen LogP contribution in [0.25, 0.3) is 0 Å². The molecule has 0 spiro atoms. The number of hydrogen-bond donors (Lipinski definition) is 2. The summed E-state index contributed by atoms with van der Waals surface area (Å²) in [5, 5.41) is 0. The van der Waals surface area contributed by atoms with E-state index in [-0.39, 0.29) is 4.90 Å². The lowest BCUT2D eigenvalue weighted by Crippen LogP contribution is -2.25. The van der Waals surface area contributed by atoms with Crippen LogP contribution in [0.4, 0.5) is 5.69 Å². The molecule has 0 bridgehead atoms. The van der Waals surface area contributed by atoms with Crippen molar-refractivity contribution in [3.63, 3.8) is 0 Å².